The predicted molar refractivity (Wildman–Crippen MR) is 91.0 cm³/mol. The van der Waals surface area contributed by atoms with Crippen molar-refractivity contribution in [1.82, 2.24) is 9.47 Å². The van der Waals surface area contributed by atoms with Crippen LogP contribution in [0.3, 0.4) is 0 Å². The van der Waals surface area contributed by atoms with Crippen LogP contribution in [0, 0.1) is 5.92 Å². The number of pyridine rings is 1. The number of hydrogen-bond donors (Lipinski definition) is 0. The van der Waals surface area contributed by atoms with E-state index >= 15 is 0 Å². The summed E-state index contributed by atoms with van der Waals surface area (Å²) < 4.78 is 3.13. The number of likely N-dealkylation sites (tertiary alicyclic amines) is 1. The molecule has 1 fully saturated rings. The molecule has 22 heavy (non-hydrogen) atoms. The summed E-state index contributed by atoms with van der Waals surface area (Å²) in [6.07, 6.45) is 1.22. The molecule has 2 aliphatic rings. The molecule has 0 amide bonds. The Morgan fingerprint density at radius 1 is 1.09 bits per heavy atom. The fraction of sp³-hybridized carbons (Fsp3) is 0.389. The van der Waals surface area contributed by atoms with Crippen molar-refractivity contribution < 1.29 is 0 Å². The topological polar surface area (TPSA) is 25.2 Å². The normalized spacial score (nSPS) is 24.0. The minimum Gasteiger partial charge on any atom is -0.312 e. The third kappa shape index (κ3) is 2.66. The first-order chi connectivity index (χ1) is 10.7. The Labute approximate surface area is 138 Å². The maximum atomic E-state index is 12.0. The molecule has 0 aliphatic carbocycles. The van der Waals surface area contributed by atoms with E-state index < -0.39 is 0 Å². The highest BCUT2D eigenvalue weighted by Gasteiger charge is 2.34. The smallest absolute Gasteiger partial charge is 0.250 e. The Hall–Kier alpha value is -1.39. The van der Waals surface area contributed by atoms with Gasteiger partial charge in [-0.05, 0) is 36.1 Å². The molecule has 0 N–H and O–H groups in total. The van der Waals surface area contributed by atoms with Gasteiger partial charge in [0.2, 0.25) is 0 Å². The summed E-state index contributed by atoms with van der Waals surface area (Å²) in [5.74, 6) is 1.09. The van der Waals surface area contributed by atoms with E-state index in [2.05, 4.69) is 51.2 Å². The van der Waals surface area contributed by atoms with Crippen LogP contribution in [0.1, 0.15) is 23.6 Å². The number of aromatic nitrogens is 1. The monoisotopic (exact) mass is 358 g/mol. The molecule has 0 unspecified atom stereocenters. The van der Waals surface area contributed by atoms with Crippen molar-refractivity contribution in [1.29, 1.82) is 0 Å². The molecule has 1 aromatic carbocycles. The first kappa shape index (κ1) is 14.2. The van der Waals surface area contributed by atoms with Crippen LogP contribution in [0.25, 0.3) is 0 Å². The summed E-state index contributed by atoms with van der Waals surface area (Å²) >= 11 is 3.55. The van der Waals surface area contributed by atoms with Crippen molar-refractivity contribution in [2.45, 2.75) is 25.4 Å². The van der Waals surface area contributed by atoms with Crippen LogP contribution in [0.2, 0.25) is 0 Å². The van der Waals surface area contributed by atoms with Gasteiger partial charge in [0, 0.05) is 48.3 Å². The second-order valence-corrected chi connectivity index (χ2v) is 7.44. The van der Waals surface area contributed by atoms with Crippen LogP contribution in [0.5, 0.6) is 0 Å². The van der Waals surface area contributed by atoms with Gasteiger partial charge in [-0.25, -0.2) is 0 Å². The average Bonchev–Trinajstić information content (AvgIpc) is 2.48. The zero-order valence-corrected chi connectivity index (χ0v) is 14.0. The first-order valence-corrected chi connectivity index (χ1v) is 8.65. The molecular weight excluding hydrogens is 340 g/mol. The van der Waals surface area contributed by atoms with E-state index in [-0.39, 0.29) is 5.56 Å². The van der Waals surface area contributed by atoms with Crippen molar-refractivity contribution >= 4 is 15.9 Å². The zero-order valence-electron chi connectivity index (χ0n) is 12.4. The lowest BCUT2D eigenvalue weighted by atomic mass is 9.83. The molecule has 4 rings (SSSR count). The Morgan fingerprint density at radius 3 is 2.82 bits per heavy atom. The van der Waals surface area contributed by atoms with Crippen LogP contribution in [-0.2, 0) is 13.1 Å². The fourth-order valence-corrected chi connectivity index (χ4v) is 4.46. The van der Waals surface area contributed by atoms with E-state index in [4.69, 9.17) is 0 Å². The van der Waals surface area contributed by atoms with Crippen LogP contribution in [-0.4, -0.2) is 22.6 Å². The summed E-state index contributed by atoms with van der Waals surface area (Å²) in [7, 11) is 0. The van der Waals surface area contributed by atoms with E-state index in [1.165, 1.54) is 17.7 Å². The average molecular weight is 359 g/mol. The molecule has 2 bridgehead atoms. The molecular formula is C18H19BrN2O. The summed E-state index contributed by atoms with van der Waals surface area (Å²) in [6.45, 7) is 4.00. The minimum absolute atomic E-state index is 0.160. The van der Waals surface area contributed by atoms with Gasteiger partial charge in [0.25, 0.3) is 5.56 Å². The molecule has 2 atom stereocenters. The first-order valence-electron chi connectivity index (χ1n) is 7.85. The standard InChI is InChI=1S/C18H19BrN2O/c19-16-4-1-3-13(8-16)9-20-10-14-7-15(12-20)17-5-2-6-18(22)21(17)11-14/h1-6,8,14-15H,7,9-12H2/t14-,15+/m0/s1. The molecule has 3 nitrogen and oxygen atoms in total. The molecule has 114 valence electrons. The van der Waals surface area contributed by atoms with Gasteiger partial charge in [0.05, 0.1) is 0 Å². The van der Waals surface area contributed by atoms with Gasteiger partial charge in [-0.15, -0.1) is 0 Å². The lowest BCUT2D eigenvalue weighted by Crippen LogP contribution is -2.46. The molecule has 3 heterocycles. The van der Waals surface area contributed by atoms with Gasteiger partial charge in [-0.3, -0.25) is 9.69 Å². The van der Waals surface area contributed by atoms with Crippen molar-refractivity contribution in [3.63, 3.8) is 0 Å². The third-order valence-electron chi connectivity index (χ3n) is 4.85. The van der Waals surface area contributed by atoms with Crippen LogP contribution in [0.15, 0.2) is 51.7 Å². The largest absolute Gasteiger partial charge is 0.312 e. The van der Waals surface area contributed by atoms with Crippen LogP contribution >= 0.6 is 15.9 Å². The van der Waals surface area contributed by atoms with Gasteiger partial charge < -0.3 is 4.57 Å². The number of benzene rings is 1. The van der Waals surface area contributed by atoms with Crippen molar-refractivity contribution in [2.24, 2.45) is 5.92 Å². The fourth-order valence-electron chi connectivity index (χ4n) is 4.02. The Balaban J connectivity index is 1.57. The van der Waals surface area contributed by atoms with Gasteiger partial charge >= 0.3 is 0 Å². The number of fused-ring (bicyclic) bond motifs is 4. The molecule has 0 saturated carbocycles. The van der Waals surface area contributed by atoms with Crippen molar-refractivity contribution in [2.75, 3.05) is 13.1 Å². The quantitative estimate of drug-likeness (QED) is 0.823. The van der Waals surface area contributed by atoms with Gasteiger partial charge in [0.15, 0.2) is 0 Å². The SMILES string of the molecule is O=c1cccc2n1C[C@H]1C[C@@H]2CN(Cc2cccc(Br)c2)C1. The summed E-state index contributed by atoms with van der Waals surface area (Å²) in [5.41, 5.74) is 2.73. The number of rotatable bonds is 2. The van der Waals surface area contributed by atoms with E-state index in [9.17, 15) is 4.79 Å². The van der Waals surface area contributed by atoms with Gasteiger partial charge in [-0.2, -0.15) is 0 Å². The number of hydrogen-bond acceptors (Lipinski definition) is 2. The van der Waals surface area contributed by atoms with Gasteiger partial charge in [0.1, 0.15) is 0 Å². The lowest BCUT2D eigenvalue weighted by molar-refractivity contribution is 0.114. The molecule has 2 aliphatic heterocycles. The predicted octanol–water partition coefficient (Wildman–Crippen LogP) is 3.23. The Morgan fingerprint density at radius 2 is 1.95 bits per heavy atom. The number of nitrogens with zero attached hydrogens (tertiary/aromatic N) is 2. The summed E-state index contributed by atoms with van der Waals surface area (Å²) in [4.78, 5) is 14.6. The zero-order chi connectivity index (χ0) is 15.1. The van der Waals surface area contributed by atoms with Gasteiger partial charge in [-0.1, -0.05) is 34.1 Å². The van der Waals surface area contributed by atoms with Crippen LogP contribution in [0.4, 0.5) is 0 Å². The minimum atomic E-state index is 0.160. The maximum Gasteiger partial charge on any atom is 0.250 e. The molecule has 0 spiro atoms. The highest BCUT2D eigenvalue weighted by molar-refractivity contribution is 9.10. The number of piperidine rings is 1. The van der Waals surface area contributed by atoms with E-state index in [0.717, 1.165) is 30.7 Å². The Bertz CT molecular complexity index is 755. The lowest BCUT2D eigenvalue weighted by Gasteiger charge is -2.42. The molecule has 4 heteroatoms. The second-order valence-electron chi connectivity index (χ2n) is 6.52. The maximum absolute atomic E-state index is 12.0. The summed E-state index contributed by atoms with van der Waals surface area (Å²) in [5, 5.41) is 0. The highest BCUT2D eigenvalue weighted by Crippen LogP contribution is 2.35. The third-order valence-corrected chi connectivity index (χ3v) is 5.34. The number of halogens is 1. The molecule has 1 saturated heterocycles. The molecule has 0 radical (unpaired) electrons. The highest BCUT2D eigenvalue weighted by atomic mass is 79.9. The van der Waals surface area contributed by atoms with E-state index in [1.54, 1.807) is 6.07 Å². The Kier molecular flexibility index (Phi) is 3.66. The van der Waals surface area contributed by atoms with E-state index in [0.29, 0.717) is 11.8 Å². The molecule has 2 aromatic rings. The van der Waals surface area contributed by atoms with Crippen molar-refractivity contribution in [3.05, 3.63) is 68.5 Å². The summed E-state index contributed by atoms with van der Waals surface area (Å²) in [6, 6.07) is 14.3. The molecule has 1 aromatic heterocycles. The van der Waals surface area contributed by atoms with Crippen molar-refractivity contribution in [3.8, 4) is 0 Å². The van der Waals surface area contributed by atoms with Crippen LogP contribution < -0.4 is 5.56 Å². The van der Waals surface area contributed by atoms with E-state index in [1.807, 2.05) is 10.6 Å². The second kappa shape index (κ2) is 5.67.